The number of amides is 2. The van der Waals surface area contributed by atoms with Crippen LogP contribution >= 0.6 is 24.0 Å². The van der Waals surface area contributed by atoms with Gasteiger partial charge in [0.2, 0.25) is 5.91 Å². The standard InChI is InChI=1S/C14H18ClN3O2.ClH/c1-16-10-13(19)17-5-7-18(8-6-17)14(20)11-3-2-4-12(15)9-11;/h2-4,9,16H,5-8,10H2,1H3;1H. The van der Waals surface area contributed by atoms with Crippen LogP contribution in [0.1, 0.15) is 10.4 Å². The molecule has 0 spiro atoms. The number of halogens is 2. The third-order valence-corrected chi connectivity index (χ3v) is 3.55. The minimum absolute atomic E-state index is 0. The fraction of sp³-hybridized carbons (Fsp3) is 0.429. The van der Waals surface area contributed by atoms with E-state index in [1.165, 1.54) is 0 Å². The number of rotatable bonds is 3. The predicted octanol–water partition coefficient (Wildman–Crippen LogP) is 1.27. The molecule has 2 rings (SSSR count). The summed E-state index contributed by atoms with van der Waals surface area (Å²) >= 11 is 5.90. The number of piperazine rings is 1. The number of carbonyl (C=O) groups excluding carboxylic acids is 2. The van der Waals surface area contributed by atoms with E-state index in [4.69, 9.17) is 11.6 Å². The predicted molar refractivity (Wildman–Crippen MR) is 85.1 cm³/mol. The Bertz CT molecular complexity index is 503. The maximum Gasteiger partial charge on any atom is 0.254 e. The molecule has 21 heavy (non-hydrogen) atoms. The minimum atomic E-state index is -0.0341. The molecule has 116 valence electrons. The summed E-state index contributed by atoms with van der Waals surface area (Å²) in [6.45, 7) is 2.60. The fourth-order valence-electron chi connectivity index (χ4n) is 2.23. The van der Waals surface area contributed by atoms with E-state index in [0.29, 0.717) is 43.3 Å². The van der Waals surface area contributed by atoms with Crippen LogP contribution in [0.2, 0.25) is 5.02 Å². The van der Waals surface area contributed by atoms with Crippen molar-refractivity contribution < 1.29 is 9.59 Å². The van der Waals surface area contributed by atoms with Gasteiger partial charge in [0.05, 0.1) is 6.54 Å². The Morgan fingerprint density at radius 1 is 1.19 bits per heavy atom. The number of likely N-dealkylation sites (N-methyl/N-ethyl adjacent to an activating group) is 1. The molecule has 2 amide bonds. The van der Waals surface area contributed by atoms with Gasteiger partial charge in [0.25, 0.3) is 5.91 Å². The topological polar surface area (TPSA) is 52.7 Å². The molecule has 1 aliphatic heterocycles. The molecule has 5 nitrogen and oxygen atoms in total. The normalized spacial score (nSPS) is 14.6. The fourth-order valence-corrected chi connectivity index (χ4v) is 2.42. The Labute approximate surface area is 135 Å². The molecule has 1 heterocycles. The average molecular weight is 332 g/mol. The van der Waals surface area contributed by atoms with Crippen molar-refractivity contribution in [3.05, 3.63) is 34.9 Å². The van der Waals surface area contributed by atoms with Crippen LogP contribution in [0.4, 0.5) is 0 Å². The molecule has 0 bridgehead atoms. The van der Waals surface area contributed by atoms with E-state index < -0.39 is 0 Å². The highest BCUT2D eigenvalue weighted by atomic mass is 35.5. The summed E-state index contributed by atoms with van der Waals surface area (Å²) in [5, 5.41) is 3.40. The van der Waals surface area contributed by atoms with Crippen molar-refractivity contribution in [1.82, 2.24) is 15.1 Å². The lowest BCUT2D eigenvalue weighted by Crippen LogP contribution is -2.52. The summed E-state index contributed by atoms with van der Waals surface area (Å²) in [6, 6.07) is 6.93. The van der Waals surface area contributed by atoms with E-state index in [-0.39, 0.29) is 24.2 Å². The summed E-state index contributed by atoms with van der Waals surface area (Å²) in [5.41, 5.74) is 0.590. The van der Waals surface area contributed by atoms with Crippen molar-refractivity contribution in [3.8, 4) is 0 Å². The van der Waals surface area contributed by atoms with Crippen molar-refractivity contribution in [2.45, 2.75) is 0 Å². The molecule has 1 N–H and O–H groups in total. The zero-order valence-electron chi connectivity index (χ0n) is 11.8. The van der Waals surface area contributed by atoms with Gasteiger partial charge < -0.3 is 15.1 Å². The minimum Gasteiger partial charge on any atom is -0.338 e. The first-order chi connectivity index (χ1) is 9.61. The van der Waals surface area contributed by atoms with Gasteiger partial charge in [-0.2, -0.15) is 0 Å². The van der Waals surface area contributed by atoms with Crippen LogP contribution in [-0.2, 0) is 4.79 Å². The van der Waals surface area contributed by atoms with Gasteiger partial charge in [0, 0.05) is 36.8 Å². The summed E-state index contributed by atoms with van der Waals surface area (Å²) in [4.78, 5) is 27.6. The molecule has 0 aliphatic carbocycles. The highest BCUT2D eigenvalue weighted by Crippen LogP contribution is 2.14. The van der Waals surface area contributed by atoms with Crippen molar-refractivity contribution in [1.29, 1.82) is 0 Å². The molecule has 0 saturated carbocycles. The molecule has 1 aromatic carbocycles. The number of hydrogen-bond donors (Lipinski definition) is 1. The van der Waals surface area contributed by atoms with Crippen molar-refractivity contribution in [3.63, 3.8) is 0 Å². The van der Waals surface area contributed by atoms with Gasteiger partial charge in [-0.15, -0.1) is 12.4 Å². The maximum absolute atomic E-state index is 12.3. The molecule has 0 radical (unpaired) electrons. The second-order valence-corrected chi connectivity index (χ2v) is 5.15. The van der Waals surface area contributed by atoms with E-state index in [1.54, 1.807) is 41.1 Å². The van der Waals surface area contributed by atoms with Crippen LogP contribution < -0.4 is 5.32 Å². The van der Waals surface area contributed by atoms with E-state index in [0.717, 1.165) is 0 Å². The van der Waals surface area contributed by atoms with Gasteiger partial charge in [0.1, 0.15) is 0 Å². The lowest BCUT2D eigenvalue weighted by Gasteiger charge is -2.34. The Kier molecular flexibility index (Phi) is 6.95. The zero-order valence-corrected chi connectivity index (χ0v) is 13.4. The van der Waals surface area contributed by atoms with Crippen LogP contribution in [-0.4, -0.2) is 61.4 Å². The monoisotopic (exact) mass is 331 g/mol. The van der Waals surface area contributed by atoms with Crippen LogP contribution in [0.3, 0.4) is 0 Å². The van der Waals surface area contributed by atoms with Gasteiger partial charge in [-0.05, 0) is 25.2 Å². The maximum atomic E-state index is 12.3. The number of nitrogens with one attached hydrogen (secondary N) is 1. The molecular formula is C14H19Cl2N3O2. The number of nitrogens with zero attached hydrogens (tertiary/aromatic N) is 2. The zero-order chi connectivity index (χ0) is 14.5. The Morgan fingerprint density at radius 3 is 2.38 bits per heavy atom. The lowest BCUT2D eigenvalue weighted by molar-refractivity contribution is -0.131. The van der Waals surface area contributed by atoms with Crippen LogP contribution in [0, 0.1) is 0 Å². The largest absolute Gasteiger partial charge is 0.338 e. The second kappa shape index (κ2) is 8.22. The molecule has 7 heteroatoms. The summed E-state index contributed by atoms with van der Waals surface area (Å²) < 4.78 is 0. The first kappa shape index (κ1) is 17.8. The molecule has 0 aromatic heterocycles. The highest BCUT2D eigenvalue weighted by Gasteiger charge is 2.24. The number of hydrogen-bond acceptors (Lipinski definition) is 3. The van der Waals surface area contributed by atoms with Gasteiger partial charge in [-0.1, -0.05) is 17.7 Å². The third kappa shape index (κ3) is 4.59. The second-order valence-electron chi connectivity index (χ2n) is 4.71. The SMILES string of the molecule is CNCC(=O)N1CCN(C(=O)c2cccc(Cl)c2)CC1.Cl. The Hall–Kier alpha value is -1.30. The quantitative estimate of drug-likeness (QED) is 0.907. The number of benzene rings is 1. The number of carbonyl (C=O) groups is 2. The van der Waals surface area contributed by atoms with E-state index in [1.807, 2.05) is 0 Å². The Morgan fingerprint density at radius 2 is 1.81 bits per heavy atom. The molecule has 1 aromatic rings. The van der Waals surface area contributed by atoms with E-state index >= 15 is 0 Å². The first-order valence-electron chi connectivity index (χ1n) is 6.59. The van der Waals surface area contributed by atoms with E-state index in [2.05, 4.69) is 5.32 Å². The van der Waals surface area contributed by atoms with Gasteiger partial charge in [-0.25, -0.2) is 0 Å². The van der Waals surface area contributed by atoms with Gasteiger partial charge >= 0.3 is 0 Å². The molecule has 1 saturated heterocycles. The lowest BCUT2D eigenvalue weighted by atomic mass is 10.2. The smallest absolute Gasteiger partial charge is 0.254 e. The highest BCUT2D eigenvalue weighted by molar-refractivity contribution is 6.30. The van der Waals surface area contributed by atoms with Crippen molar-refractivity contribution in [2.24, 2.45) is 0 Å². The molecule has 1 fully saturated rings. The average Bonchev–Trinajstić information content (AvgIpc) is 2.47. The molecule has 0 unspecified atom stereocenters. The molecular weight excluding hydrogens is 313 g/mol. The Balaban J connectivity index is 0.00000220. The molecule has 0 atom stereocenters. The van der Waals surface area contributed by atoms with Gasteiger partial charge in [0.15, 0.2) is 0 Å². The van der Waals surface area contributed by atoms with E-state index in [9.17, 15) is 9.59 Å². The summed E-state index contributed by atoms with van der Waals surface area (Å²) in [5.74, 6) is 0.0376. The molecule has 1 aliphatic rings. The van der Waals surface area contributed by atoms with Crippen molar-refractivity contribution >= 4 is 35.8 Å². The van der Waals surface area contributed by atoms with Crippen LogP contribution in [0.5, 0.6) is 0 Å². The van der Waals surface area contributed by atoms with Gasteiger partial charge in [-0.3, -0.25) is 9.59 Å². The van der Waals surface area contributed by atoms with Crippen molar-refractivity contribution in [2.75, 3.05) is 39.8 Å². The van der Waals surface area contributed by atoms with Crippen LogP contribution in [0.25, 0.3) is 0 Å². The first-order valence-corrected chi connectivity index (χ1v) is 6.97. The van der Waals surface area contributed by atoms with Crippen LogP contribution in [0.15, 0.2) is 24.3 Å². The summed E-state index contributed by atoms with van der Waals surface area (Å²) in [6.07, 6.45) is 0. The summed E-state index contributed by atoms with van der Waals surface area (Å²) in [7, 11) is 1.75. The third-order valence-electron chi connectivity index (χ3n) is 3.32.